The van der Waals surface area contributed by atoms with Gasteiger partial charge < -0.3 is 10.6 Å². The number of nitrogens with one attached hydrogen (secondary N) is 2. The van der Waals surface area contributed by atoms with Crippen LogP contribution in [-0.2, 0) is 4.79 Å². The van der Waals surface area contributed by atoms with Gasteiger partial charge in [0.1, 0.15) is 11.9 Å². The molecule has 4 rings (SSSR count). The number of carbonyl (C=O) groups excluding carboxylic acids is 1. The third kappa shape index (κ3) is 5.55. The summed E-state index contributed by atoms with van der Waals surface area (Å²) in [6, 6.07) is 24.3. The maximum Gasteiger partial charge on any atom is 0.247 e. The van der Waals surface area contributed by atoms with E-state index in [1.165, 1.54) is 0 Å². The lowest BCUT2D eigenvalue weighted by molar-refractivity contribution is -0.118. The summed E-state index contributed by atoms with van der Waals surface area (Å²) >= 11 is 0. The van der Waals surface area contributed by atoms with Crippen molar-refractivity contribution >= 4 is 11.7 Å². The zero-order valence-corrected chi connectivity index (χ0v) is 19.1. The van der Waals surface area contributed by atoms with Crippen LogP contribution in [0.5, 0.6) is 0 Å². The Morgan fingerprint density at radius 2 is 1.79 bits per heavy atom. The molecule has 34 heavy (non-hydrogen) atoms. The molecule has 0 unspecified atom stereocenters. The number of rotatable bonds is 8. The van der Waals surface area contributed by atoms with Gasteiger partial charge in [0.05, 0.1) is 29.2 Å². The molecule has 170 valence electrons. The Morgan fingerprint density at radius 3 is 2.41 bits per heavy atom. The van der Waals surface area contributed by atoms with E-state index in [2.05, 4.69) is 33.7 Å². The Balaban J connectivity index is 1.46. The van der Waals surface area contributed by atoms with E-state index in [9.17, 15) is 4.79 Å². The fourth-order valence-electron chi connectivity index (χ4n) is 3.66. The van der Waals surface area contributed by atoms with E-state index in [1.54, 1.807) is 16.9 Å². The minimum Gasteiger partial charge on any atom is -0.309 e. The van der Waals surface area contributed by atoms with Crippen molar-refractivity contribution in [1.29, 1.82) is 5.26 Å². The monoisotopic (exact) mass is 450 g/mol. The highest BCUT2D eigenvalue weighted by Crippen LogP contribution is 2.20. The van der Waals surface area contributed by atoms with Crippen LogP contribution in [0, 0.1) is 18.3 Å². The number of pyridine rings is 1. The first-order chi connectivity index (χ1) is 16.5. The first kappa shape index (κ1) is 22.9. The maximum absolute atomic E-state index is 13.2. The van der Waals surface area contributed by atoms with Crippen LogP contribution in [0.15, 0.2) is 85.2 Å². The van der Waals surface area contributed by atoms with E-state index in [0.717, 1.165) is 22.5 Å². The van der Waals surface area contributed by atoms with Gasteiger partial charge in [-0.15, -0.1) is 0 Å². The molecule has 0 bridgehead atoms. The Kier molecular flexibility index (Phi) is 7.11. The second-order valence-electron chi connectivity index (χ2n) is 8.18. The molecular formula is C27H26N6O. The molecule has 0 aliphatic carbocycles. The number of amides is 1. The van der Waals surface area contributed by atoms with Crippen LogP contribution in [0.1, 0.15) is 41.3 Å². The lowest BCUT2D eigenvalue weighted by atomic mass is 9.98. The molecule has 2 atom stereocenters. The van der Waals surface area contributed by atoms with Gasteiger partial charge in [-0.1, -0.05) is 49.4 Å². The molecule has 0 fully saturated rings. The van der Waals surface area contributed by atoms with Crippen LogP contribution in [0.25, 0.3) is 5.69 Å². The molecule has 2 aromatic carbocycles. The molecule has 0 aliphatic rings. The Morgan fingerprint density at radius 1 is 1.03 bits per heavy atom. The quantitative estimate of drug-likeness (QED) is 0.411. The summed E-state index contributed by atoms with van der Waals surface area (Å²) in [5.41, 5.74) is 4.34. The highest BCUT2D eigenvalue weighted by Gasteiger charge is 2.21. The SMILES string of the molecule is Cc1ccn(-c2ccc(NC(=O)[C@@H](NC[C@H](C)c3ccc(C#N)cc3)c3ccccc3)nc2)n1. The molecule has 0 aliphatic heterocycles. The molecule has 2 N–H and O–H groups in total. The van der Waals surface area contributed by atoms with Gasteiger partial charge in [-0.05, 0) is 54.3 Å². The van der Waals surface area contributed by atoms with Crippen LogP contribution in [0.3, 0.4) is 0 Å². The molecule has 0 saturated carbocycles. The molecule has 4 aromatic rings. The Hall–Kier alpha value is -4.28. The van der Waals surface area contributed by atoms with E-state index in [-0.39, 0.29) is 11.8 Å². The van der Waals surface area contributed by atoms with Gasteiger partial charge >= 0.3 is 0 Å². The number of aromatic nitrogens is 3. The summed E-state index contributed by atoms with van der Waals surface area (Å²) in [6.45, 7) is 4.60. The zero-order chi connectivity index (χ0) is 23.9. The smallest absolute Gasteiger partial charge is 0.247 e. The predicted molar refractivity (Wildman–Crippen MR) is 131 cm³/mol. The summed E-state index contributed by atoms with van der Waals surface area (Å²) in [6.07, 6.45) is 3.55. The molecule has 0 saturated heterocycles. The largest absolute Gasteiger partial charge is 0.309 e. The summed E-state index contributed by atoms with van der Waals surface area (Å²) in [4.78, 5) is 17.6. The number of hydrogen-bond acceptors (Lipinski definition) is 5. The average Bonchev–Trinajstić information content (AvgIpc) is 3.31. The van der Waals surface area contributed by atoms with Crippen molar-refractivity contribution in [3.05, 3.63) is 108 Å². The summed E-state index contributed by atoms with van der Waals surface area (Å²) < 4.78 is 1.74. The number of nitrogens with zero attached hydrogens (tertiary/aromatic N) is 4. The highest BCUT2D eigenvalue weighted by molar-refractivity contribution is 5.94. The predicted octanol–water partition coefficient (Wildman–Crippen LogP) is 4.52. The first-order valence-corrected chi connectivity index (χ1v) is 11.1. The molecule has 1 amide bonds. The number of benzene rings is 2. The second kappa shape index (κ2) is 10.6. The van der Waals surface area contributed by atoms with E-state index in [1.807, 2.05) is 79.9 Å². The van der Waals surface area contributed by atoms with Gasteiger partial charge in [0.2, 0.25) is 5.91 Å². The molecule has 2 aromatic heterocycles. The van der Waals surface area contributed by atoms with Gasteiger partial charge in [-0.25, -0.2) is 9.67 Å². The van der Waals surface area contributed by atoms with Crippen molar-refractivity contribution in [2.24, 2.45) is 0 Å². The Labute approximate surface area is 199 Å². The molecule has 2 heterocycles. The van der Waals surface area contributed by atoms with E-state index >= 15 is 0 Å². The van der Waals surface area contributed by atoms with Crippen LogP contribution in [0.2, 0.25) is 0 Å². The lowest BCUT2D eigenvalue weighted by Crippen LogP contribution is -2.35. The van der Waals surface area contributed by atoms with Crippen LogP contribution < -0.4 is 10.6 Å². The molecule has 7 heteroatoms. The number of aryl methyl sites for hydroxylation is 1. The van der Waals surface area contributed by atoms with Crippen LogP contribution >= 0.6 is 0 Å². The fourth-order valence-corrected chi connectivity index (χ4v) is 3.66. The van der Waals surface area contributed by atoms with E-state index in [4.69, 9.17) is 5.26 Å². The van der Waals surface area contributed by atoms with E-state index < -0.39 is 6.04 Å². The normalized spacial score (nSPS) is 12.5. The van der Waals surface area contributed by atoms with Gasteiger partial charge in [0.25, 0.3) is 0 Å². The minimum atomic E-state index is -0.544. The van der Waals surface area contributed by atoms with Crippen LogP contribution in [-0.4, -0.2) is 27.2 Å². The van der Waals surface area contributed by atoms with E-state index in [0.29, 0.717) is 17.9 Å². The molecule has 7 nitrogen and oxygen atoms in total. The molecule has 0 radical (unpaired) electrons. The summed E-state index contributed by atoms with van der Waals surface area (Å²) in [5, 5.41) is 19.7. The van der Waals surface area contributed by atoms with Crippen molar-refractivity contribution < 1.29 is 4.79 Å². The van der Waals surface area contributed by atoms with Crippen molar-refractivity contribution in [2.45, 2.75) is 25.8 Å². The summed E-state index contributed by atoms with van der Waals surface area (Å²) in [5.74, 6) is 0.440. The van der Waals surface area contributed by atoms with Gasteiger partial charge in [-0.3, -0.25) is 4.79 Å². The summed E-state index contributed by atoms with van der Waals surface area (Å²) in [7, 11) is 0. The standard InChI is InChI=1S/C27H26N6O/c1-19(22-10-8-21(16-28)9-11-22)17-30-26(23-6-4-3-5-7-23)27(34)31-25-13-12-24(18-29-25)33-15-14-20(2)32-33/h3-15,18-19,26,30H,17H2,1-2H3,(H,29,31,34)/t19-,26-/m0/s1. The zero-order valence-electron chi connectivity index (χ0n) is 19.1. The fraction of sp³-hybridized carbons (Fsp3) is 0.185. The molecule has 0 spiro atoms. The van der Waals surface area contributed by atoms with Crippen molar-refractivity contribution in [1.82, 2.24) is 20.1 Å². The van der Waals surface area contributed by atoms with Gasteiger partial charge in [0, 0.05) is 12.7 Å². The number of anilines is 1. The number of nitriles is 1. The third-order valence-corrected chi connectivity index (χ3v) is 5.62. The maximum atomic E-state index is 13.2. The lowest BCUT2D eigenvalue weighted by Gasteiger charge is -2.21. The number of carbonyl (C=O) groups is 1. The second-order valence-corrected chi connectivity index (χ2v) is 8.18. The van der Waals surface area contributed by atoms with Crippen LogP contribution in [0.4, 0.5) is 5.82 Å². The van der Waals surface area contributed by atoms with Gasteiger partial charge in [-0.2, -0.15) is 10.4 Å². The van der Waals surface area contributed by atoms with Gasteiger partial charge in [0.15, 0.2) is 0 Å². The molecular weight excluding hydrogens is 424 g/mol. The van der Waals surface area contributed by atoms with Crippen molar-refractivity contribution in [3.8, 4) is 11.8 Å². The minimum absolute atomic E-state index is 0.154. The third-order valence-electron chi connectivity index (χ3n) is 5.62. The topological polar surface area (TPSA) is 95.6 Å². The van der Waals surface area contributed by atoms with Crippen molar-refractivity contribution in [3.63, 3.8) is 0 Å². The highest BCUT2D eigenvalue weighted by atomic mass is 16.2. The Bertz CT molecular complexity index is 1270. The number of hydrogen-bond donors (Lipinski definition) is 2. The van der Waals surface area contributed by atoms with Crippen molar-refractivity contribution in [2.75, 3.05) is 11.9 Å². The first-order valence-electron chi connectivity index (χ1n) is 11.1. The average molecular weight is 451 g/mol.